The molecule has 0 spiro atoms. The molecule has 0 amide bonds. The number of aromatic nitrogens is 4. The molecule has 0 aliphatic heterocycles. The first-order chi connectivity index (χ1) is 27.3. The van der Waals surface area contributed by atoms with Crippen molar-refractivity contribution in [3.8, 4) is 34.0 Å². The summed E-state index contributed by atoms with van der Waals surface area (Å²) in [7, 11) is 0. The predicted molar refractivity (Wildman–Crippen MR) is 232 cm³/mol. The van der Waals surface area contributed by atoms with E-state index in [1.54, 1.807) is 0 Å². The summed E-state index contributed by atoms with van der Waals surface area (Å²) in [5.74, 6) is 0.664. The van der Waals surface area contributed by atoms with Crippen molar-refractivity contribution in [3.05, 3.63) is 182 Å². The molecule has 0 atom stereocenters. The first kappa shape index (κ1) is 30.4. The average molecular weight is 719 g/mol. The van der Waals surface area contributed by atoms with Gasteiger partial charge in [0.05, 0.1) is 42.7 Å². The van der Waals surface area contributed by atoms with Gasteiger partial charge < -0.3 is 4.57 Å². The van der Waals surface area contributed by atoms with Crippen LogP contribution in [0.15, 0.2) is 182 Å². The minimum absolute atomic E-state index is 0.664. The SMILES string of the molecule is c1ccc(-c2nc(-n3c4ccccc4c4ccc5c(sc6c7ccccc7n(-c7ccccc7)c56)c43)nc3ccc(-c4ccc5ccccc5c4)cc23)cc1. The summed E-state index contributed by atoms with van der Waals surface area (Å²) in [5.41, 5.74) is 11.0. The van der Waals surface area contributed by atoms with E-state index in [4.69, 9.17) is 9.97 Å². The minimum atomic E-state index is 0.664. The lowest BCUT2D eigenvalue weighted by Gasteiger charge is -2.13. The van der Waals surface area contributed by atoms with Crippen LogP contribution in [0.1, 0.15) is 0 Å². The Balaban J connectivity index is 1.16. The molecule has 12 aromatic rings. The van der Waals surface area contributed by atoms with Gasteiger partial charge in [0.1, 0.15) is 0 Å². The Morgan fingerprint density at radius 1 is 0.382 bits per heavy atom. The number of benzene rings is 8. The lowest BCUT2D eigenvalue weighted by molar-refractivity contribution is 1.02. The lowest BCUT2D eigenvalue weighted by Crippen LogP contribution is -2.03. The molecule has 55 heavy (non-hydrogen) atoms. The number of thiophene rings is 1. The standard InChI is InChI=1S/C50H30N4S/c1-3-14-32(15-4-1)45-41-30-35(34-24-23-31-13-7-8-16-33(31)29-34)25-28-42(41)51-50(52-45)54-43-21-11-9-19-37(43)38-26-27-40-47-48(55-49(40)46(38)54)39-20-10-12-22-44(39)53(47)36-17-5-2-6-18-36/h1-30H. The number of hydrogen-bond donors (Lipinski definition) is 0. The number of para-hydroxylation sites is 3. The Morgan fingerprint density at radius 2 is 1.00 bits per heavy atom. The van der Waals surface area contributed by atoms with Crippen LogP contribution in [-0.2, 0) is 0 Å². The highest BCUT2D eigenvalue weighted by Gasteiger charge is 2.24. The highest BCUT2D eigenvalue weighted by molar-refractivity contribution is 7.27. The Labute approximate surface area is 319 Å². The zero-order valence-electron chi connectivity index (χ0n) is 29.5. The molecule has 5 heteroatoms. The van der Waals surface area contributed by atoms with Crippen LogP contribution >= 0.6 is 11.3 Å². The van der Waals surface area contributed by atoms with Crippen LogP contribution < -0.4 is 0 Å². The van der Waals surface area contributed by atoms with E-state index in [9.17, 15) is 0 Å². The van der Waals surface area contributed by atoms with E-state index in [0.29, 0.717) is 5.95 Å². The fraction of sp³-hybridized carbons (Fsp3) is 0. The highest BCUT2D eigenvalue weighted by Crippen LogP contribution is 2.47. The van der Waals surface area contributed by atoms with Gasteiger partial charge in [-0.2, -0.15) is 0 Å². The molecule has 4 heterocycles. The summed E-state index contributed by atoms with van der Waals surface area (Å²) in [5, 5.41) is 8.34. The number of rotatable bonds is 4. The number of fused-ring (bicyclic) bond motifs is 11. The maximum atomic E-state index is 5.51. The van der Waals surface area contributed by atoms with Gasteiger partial charge in [-0.05, 0) is 64.4 Å². The third-order valence-corrected chi connectivity index (χ3v) is 12.3. The van der Waals surface area contributed by atoms with E-state index >= 15 is 0 Å². The molecule has 0 aliphatic carbocycles. The van der Waals surface area contributed by atoms with E-state index in [1.165, 1.54) is 58.3 Å². The first-order valence-electron chi connectivity index (χ1n) is 18.6. The van der Waals surface area contributed by atoms with Gasteiger partial charge in [0, 0.05) is 38.2 Å². The van der Waals surface area contributed by atoms with Crippen molar-refractivity contribution in [1.29, 1.82) is 0 Å². The summed E-state index contributed by atoms with van der Waals surface area (Å²) < 4.78 is 7.24. The predicted octanol–water partition coefficient (Wildman–Crippen LogP) is 13.5. The van der Waals surface area contributed by atoms with Gasteiger partial charge in [0.25, 0.3) is 0 Å². The zero-order chi connectivity index (χ0) is 36.0. The quantitative estimate of drug-likeness (QED) is 0.182. The zero-order valence-corrected chi connectivity index (χ0v) is 30.3. The Kier molecular flexibility index (Phi) is 6.47. The Bertz CT molecular complexity index is 3480. The molecule has 0 radical (unpaired) electrons. The van der Waals surface area contributed by atoms with Gasteiger partial charge in [-0.1, -0.05) is 140 Å². The summed E-state index contributed by atoms with van der Waals surface area (Å²) >= 11 is 1.87. The summed E-state index contributed by atoms with van der Waals surface area (Å²) in [4.78, 5) is 10.9. The van der Waals surface area contributed by atoms with Crippen molar-refractivity contribution in [2.45, 2.75) is 0 Å². The maximum absolute atomic E-state index is 5.51. The minimum Gasteiger partial charge on any atom is -0.308 e. The summed E-state index contributed by atoms with van der Waals surface area (Å²) in [6.45, 7) is 0. The number of nitrogens with zero attached hydrogens (tertiary/aromatic N) is 4. The summed E-state index contributed by atoms with van der Waals surface area (Å²) in [6.07, 6.45) is 0. The van der Waals surface area contributed by atoms with Crippen LogP contribution in [0.25, 0.3) is 109 Å². The smallest absolute Gasteiger partial charge is 0.235 e. The molecular weight excluding hydrogens is 689 g/mol. The maximum Gasteiger partial charge on any atom is 0.235 e. The molecule has 4 nitrogen and oxygen atoms in total. The lowest BCUT2D eigenvalue weighted by atomic mass is 9.98. The van der Waals surface area contributed by atoms with E-state index in [1.807, 2.05) is 11.3 Å². The Morgan fingerprint density at radius 3 is 1.84 bits per heavy atom. The molecule has 8 aromatic carbocycles. The Hall–Kier alpha value is -7.08. The van der Waals surface area contributed by atoms with E-state index in [-0.39, 0.29) is 0 Å². The first-order valence-corrected chi connectivity index (χ1v) is 19.4. The van der Waals surface area contributed by atoms with Gasteiger partial charge in [-0.3, -0.25) is 4.57 Å². The monoisotopic (exact) mass is 718 g/mol. The molecule has 12 rings (SSSR count). The van der Waals surface area contributed by atoms with Crippen LogP contribution in [0.5, 0.6) is 0 Å². The highest BCUT2D eigenvalue weighted by atomic mass is 32.1. The molecule has 0 unspecified atom stereocenters. The van der Waals surface area contributed by atoms with Crippen molar-refractivity contribution >= 4 is 86.0 Å². The second kappa shape index (κ2) is 11.7. The molecule has 0 bridgehead atoms. The van der Waals surface area contributed by atoms with Crippen LogP contribution in [0.4, 0.5) is 0 Å². The molecule has 0 saturated carbocycles. The number of hydrogen-bond acceptors (Lipinski definition) is 3. The van der Waals surface area contributed by atoms with Gasteiger partial charge in [0.2, 0.25) is 5.95 Å². The van der Waals surface area contributed by atoms with Gasteiger partial charge in [-0.25, -0.2) is 9.97 Å². The average Bonchev–Trinajstić information content (AvgIpc) is 3.91. The van der Waals surface area contributed by atoms with Crippen molar-refractivity contribution in [2.24, 2.45) is 0 Å². The van der Waals surface area contributed by atoms with Gasteiger partial charge in [0.15, 0.2) is 0 Å². The van der Waals surface area contributed by atoms with Crippen molar-refractivity contribution < 1.29 is 0 Å². The molecule has 0 aliphatic rings. The fourth-order valence-corrected chi connectivity index (χ4v) is 9.97. The topological polar surface area (TPSA) is 35.6 Å². The second-order valence-electron chi connectivity index (χ2n) is 14.2. The fourth-order valence-electron chi connectivity index (χ4n) is 8.61. The molecule has 4 aromatic heterocycles. The van der Waals surface area contributed by atoms with Crippen LogP contribution in [0.2, 0.25) is 0 Å². The third-order valence-electron chi connectivity index (χ3n) is 11.1. The van der Waals surface area contributed by atoms with Crippen LogP contribution in [0, 0.1) is 0 Å². The van der Waals surface area contributed by atoms with E-state index < -0.39 is 0 Å². The van der Waals surface area contributed by atoms with Crippen LogP contribution in [-0.4, -0.2) is 19.1 Å². The largest absolute Gasteiger partial charge is 0.308 e. The van der Waals surface area contributed by atoms with Crippen LogP contribution in [0.3, 0.4) is 0 Å². The van der Waals surface area contributed by atoms with Gasteiger partial charge in [-0.15, -0.1) is 11.3 Å². The molecule has 0 N–H and O–H groups in total. The van der Waals surface area contributed by atoms with Crippen molar-refractivity contribution in [2.75, 3.05) is 0 Å². The molecule has 256 valence electrons. The van der Waals surface area contributed by atoms with Crippen molar-refractivity contribution in [3.63, 3.8) is 0 Å². The molecule has 0 fully saturated rings. The second-order valence-corrected chi connectivity index (χ2v) is 15.2. The van der Waals surface area contributed by atoms with E-state index in [0.717, 1.165) is 44.4 Å². The summed E-state index contributed by atoms with van der Waals surface area (Å²) in [6, 6.07) is 65.1. The van der Waals surface area contributed by atoms with E-state index in [2.05, 4.69) is 191 Å². The molecular formula is C50H30N4S. The third kappa shape index (κ3) is 4.51. The van der Waals surface area contributed by atoms with Crippen molar-refractivity contribution in [1.82, 2.24) is 19.1 Å². The molecule has 0 saturated heterocycles. The van der Waals surface area contributed by atoms with Gasteiger partial charge >= 0.3 is 0 Å². The normalized spacial score (nSPS) is 12.0.